The van der Waals surface area contributed by atoms with Crippen molar-refractivity contribution in [3.63, 3.8) is 0 Å². The number of aromatic nitrogens is 2. The summed E-state index contributed by atoms with van der Waals surface area (Å²) in [4.78, 5) is 29.2. The summed E-state index contributed by atoms with van der Waals surface area (Å²) in [6.45, 7) is 7.95. The normalized spacial score (nSPS) is 17.2. The first-order valence-electron chi connectivity index (χ1n) is 15.5. The molecule has 0 radical (unpaired) electrons. The zero-order valence-corrected chi connectivity index (χ0v) is 26.1. The highest BCUT2D eigenvalue weighted by Crippen LogP contribution is 2.17. The van der Waals surface area contributed by atoms with E-state index in [4.69, 9.17) is 5.26 Å². The Labute approximate surface area is 261 Å². The predicted molar refractivity (Wildman–Crippen MR) is 172 cm³/mol. The van der Waals surface area contributed by atoms with Crippen LogP contribution in [-0.2, 0) is 29.1 Å². The minimum Gasteiger partial charge on any atom is -0.508 e. The SMILES string of the molecule is CC1CN(Cc2ccc(O)cc2)CCN1C.N#Cc1ccc(Cn2cncc2CCNC=O)cc1.O=CNC1CCCCC1. The third-order valence-corrected chi connectivity index (χ3v) is 8.14. The Morgan fingerprint density at radius 2 is 1.66 bits per heavy atom. The zero-order valence-electron chi connectivity index (χ0n) is 26.1. The molecule has 3 aromatic rings. The van der Waals surface area contributed by atoms with Gasteiger partial charge in [-0.3, -0.25) is 14.5 Å². The highest BCUT2D eigenvalue weighted by molar-refractivity contribution is 5.46. The second-order valence-corrected chi connectivity index (χ2v) is 11.5. The van der Waals surface area contributed by atoms with Crippen molar-refractivity contribution in [3.8, 4) is 11.8 Å². The molecular formula is C34H47N7O3. The van der Waals surface area contributed by atoms with Crippen molar-refractivity contribution in [1.82, 2.24) is 30.0 Å². The Hall–Kier alpha value is -4.20. The number of piperazine rings is 1. The number of aromatic hydroxyl groups is 1. The number of imidazole rings is 1. The average molecular weight is 602 g/mol. The van der Waals surface area contributed by atoms with Crippen LogP contribution in [0.25, 0.3) is 0 Å². The Bertz CT molecular complexity index is 1280. The number of likely N-dealkylation sites (N-methyl/N-ethyl adjacent to an activating group) is 1. The van der Waals surface area contributed by atoms with Crippen LogP contribution in [0.3, 0.4) is 0 Å². The van der Waals surface area contributed by atoms with Crippen molar-refractivity contribution in [3.05, 3.63) is 83.4 Å². The molecule has 1 aliphatic carbocycles. The summed E-state index contributed by atoms with van der Waals surface area (Å²) in [6.07, 6.45) is 12.1. The van der Waals surface area contributed by atoms with Gasteiger partial charge in [-0.25, -0.2) is 4.98 Å². The van der Waals surface area contributed by atoms with Crippen LogP contribution in [0.1, 0.15) is 61.4 Å². The van der Waals surface area contributed by atoms with E-state index in [1.807, 2.05) is 28.8 Å². The van der Waals surface area contributed by atoms with Crippen molar-refractivity contribution in [2.75, 3.05) is 33.2 Å². The minimum absolute atomic E-state index is 0.343. The molecule has 1 aromatic heterocycles. The number of amides is 2. The van der Waals surface area contributed by atoms with Gasteiger partial charge in [0, 0.05) is 69.7 Å². The first kappa shape index (κ1) is 34.3. The fraction of sp³-hybridized carbons (Fsp3) is 0.471. The van der Waals surface area contributed by atoms with Gasteiger partial charge in [-0.15, -0.1) is 0 Å². The van der Waals surface area contributed by atoms with E-state index in [1.54, 1.807) is 36.8 Å². The number of phenolic OH excluding ortho intramolecular Hbond substituents is 1. The molecule has 1 atom stereocenters. The molecule has 0 bridgehead atoms. The molecule has 1 saturated heterocycles. The number of nitrogens with one attached hydrogen (secondary N) is 2. The smallest absolute Gasteiger partial charge is 0.207 e. The quantitative estimate of drug-likeness (QED) is 0.239. The molecule has 1 unspecified atom stereocenters. The first-order valence-corrected chi connectivity index (χ1v) is 15.5. The zero-order chi connectivity index (χ0) is 31.6. The van der Waals surface area contributed by atoms with Crippen molar-refractivity contribution in [1.29, 1.82) is 5.26 Å². The van der Waals surface area contributed by atoms with Crippen molar-refractivity contribution in [2.45, 2.75) is 70.6 Å². The van der Waals surface area contributed by atoms with Crippen LogP contribution in [0.15, 0.2) is 61.1 Å². The number of hydrogen-bond acceptors (Lipinski definition) is 7. The van der Waals surface area contributed by atoms with Gasteiger partial charge >= 0.3 is 0 Å². The lowest BCUT2D eigenvalue weighted by Crippen LogP contribution is -2.49. The third kappa shape index (κ3) is 12.2. The number of hydrogen-bond donors (Lipinski definition) is 3. The monoisotopic (exact) mass is 601 g/mol. The van der Waals surface area contributed by atoms with Crippen LogP contribution in [0.2, 0.25) is 0 Å². The van der Waals surface area contributed by atoms with Gasteiger partial charge in [0.15, 0.2) is 0 Å². The van der Waals surface area contributed by atoms with Crippen molar-refractivity contribution < 1.29 is 14.7 Å². The lowest BCUT2D eigenvalue weighted by atomic mass is 9.96. The molecule has 2 heterocycles. The van der Waals surface area contributed by atoms with Gasteiger partial charge in [-0.2, -0.15) is 5.26 Å². The van der Waals surface area contributed by atoms with E-state index in [2.05, 4.69) is 45.5 Å². The molecule has 236 valence electrons. The highest BCUT2D eigenvalue weighted by Gasteiger charge is 2.20. The second kappa shape index (κ2) is 19.2. The molecule has 44 heavy (non-hydrogen) atoms. The Balaban J connectivity index is 0.000000191. The largest absolute Gasteiger partial charge is 0.508 e. The summed E-state index contributed by atoms with van der Waals surface area (Å²) in [5.74, 6) is 0.343. The van der Waals surface area contributed by atoms with E-state index >= 15 is 0 Å². The van der Waals surface area contributed by atoms with Crippen LogP contribution in [0.4, 0.5) is 0 Å². The van der Waals surface area contributed by atoms with Crippen LogP contribution in [-0.4, -0.2) is 82.6 Å². The maximum Gasteiger partial charge on any atom is 0.207 e. The molecule has 2 aromatic carbocycles. The maximum absolute atomic E-state index is 10.2. The van der Waals surface area contributed by atoms with Crippen LogP contribution >= 0.6 is 0 Å². The maximum atomic E-state index is 10.2. The van der Waals surface area contributed by atoms with Crippen LogP contribution in [0.5, 0.6) is 5.75 Å². The van der Waals surface area contributed by atoms with E-state index in [9.17, 15) is 14.7 Å². The van der Waals surface area contributed by atoms with E-state index in [0.29, 0.717) is 42.9 Å². The van der Waals surface area contributed by atoms with Gasteiger partial charge in [-0.1, -0.05) is 43.5 Å². The van der Waals surface area contributed by atoms with Gasteiger partial charge < -0.3 is 25.2 Å². The van der Waals surface area contributed by atoms with Crippen molar-refractivity contribution >= 4 is 12.8 Å². The Morgan fingerprint density at radius 3 is 2.30 bits per heavy atom. The van der Waals surface area contributed by atoms with Gasteiger partial charge in [0.25, 0.3) is 0 Å². The molecule has 0 spiro atoms. The molecule has 2 aliphatic rings. The Morgan fingerprint density at radius 1 is 0.977 bits per heavy atom. The molecule has 1 saturated carbocycles. The average Bonchev–Trinajstić information content (AvgIpc) is 3.48. The molecule has 1 aliphatic heterocycles. The summed E-state index contributed by atoms with van der Waals surface area (Å²) < 4.78 is 2.04. The number of carbonyl (C=O) groups is 2. The summed E-state index contributed by atoms with van der Waals surface area (Å²) in [5, 5.41) is 23.4. The molecule has 2 amide bonds. The number of phenols is 1. The topological polar surface area (TPSA) is 127 Å². The fourth-order valence-corrected chi connectivity index (χ4v) is 5.33. The summed E-state index contributed by atoms with van der Waals surface area (Å²) in [6, 6.07) is 18.2. The Kier molecular flexibility index (Phi) is 14.9. The molecule has 5 rings (SSSR count). The highest BCUT2D eigenvalue weighted by atomic mass is 16.3. The molecular weight excluding hydrogens is 554 g/mol. The van der Waals surface area contributed by atoms with Crippen LogP contribution < -0.4 is 10.6 Å². The van der Waals surface area contributed by atoms with Gasteiger partial charge in [0.1, 0.15) is 5.75 Å². The van der Waals surface area contributed by atoms with Crippen LogP contribution in [0, 0.1) is 11.3 Å². The second-order valence-electron chi connectivity index (χ2n) is 11.5. The summed E-state index contributed by atoms with van der Waals surface area (Å²) in [5.41, 5.74) is 4.11. The minimum atomic E-state index is 0.343. The van der Waals surface area contributed by atoms with Gasteiger partial charge in [0.2, 0.25) is 12.8 Å². The van der Waals surface area contributed by atoms with E-state index in [-0.39, 0.29) is 0 Å². The fourth-order valence-electron chi connectivity index (χ4n) is 5.33. The molecule has 3 N–H and O–H groups in total. The molecule has 10 heteroatoms. The van der Waals surface area contributed by atoms with Crippen molar-refractivity contribution in [2.24, 2.45) is 0 Å². The molecule has 2 fully saturated rings. The summed E-state index contributed by atoms with van der Waals surface area (Å²) >= 11 is 0. The van der Waals surface area contributed by atoms with E-state index < -0.39 is 0 Å². The van der Waals surface area contributed by atoms with E-state index in [1.165, 1.54) is 37.7 Å². The summed E-state index contributed by atoms with van der Waals surface area (Å²) in [7, 11) is 2.18. The van der Waals surface area contributed by atoms with Gasteiger partial charge in [0.05, 0.1) is 18.0 Å². The lowest BCUT2D eigenvalue weighted by molar-refractivity contribution is -0.110. The number of benzene rings is 2. The number of nitrogens with zero attached hydrogens (tertiary/aromatic N) is 5. The molecule has 10 nitrogen and oxygen atoms in total. The predicted octanol–water partition coefficient (Wildman–Crippen LogP) is 3.68. The number of nitriles is 1. The first-order chi connectivity index (χ1) is 21.4. The third-order valence-electron chi connectivity index (χ3n) is 8.14. The van der Waals surface area contributed by atoms with Gasteiger partial charge in [-0.05, 0) is 62.2 Å². The standard InChI is InChI=1S/C14H14N4O.C13H20N2O.C7H13NO/c15-7-12-1-3-13(4-2-12)9-18-10-17-8-14(18)5-6-16-11-19;1-11-9-15(8-7-14(11)2)10-12-3-5-13(16)6-4-12;9-6-8-7-4-2-1-3-5-7/h1-4,8,10-11H,5-6,9H2,(H,16,19);3-6,11,16H,7-10H2,1-2H3;6-7H,1-5H2,(H,8,9). The number of rotatable bonds is 10. The number of carbonyl (C=O) groups excluding carboxylic acids is 2. The lowest BCUT2D eigenvalue weighted by Gasteiger charge is -2.37. The van der Waals surface area contributed by atoms with E-state index in [0.717, 1.165) is 50.3 Å².